The second kappa shape index (κ2) is 7.51. The van der Waals surface area contributed by atoms with Crippen LogP contribution in [0.2, 0.25) is 0 Å². The van der Waals surface area contributed by atoms with Gasteiger partial charge < -0.3 is 15.1 Å². The molecule has 0 spiro atoms. The van der Waals surface area contributed by atoms with Crippen molar-refractivity contribution in [1.82, 2.24) is 10.6 Å². The van der Waals surface area contributed by atoms with Crippen LogP contribution >= 0.6 is 0 Å². The van der Waals surface area contributed by atoms with Crippen molar-refractivity contribution in [1.29, 1.82) is 0 Å². The summed E-state index contributed by atoms with van der Waals surface area (Å²) in [6.45, 7) is 2.19. The highest BCUT2D eigenvalue weighted by Crippen LogP contribution is 2.21. The van der Waals surface area contributed by atoms with Gasteiger partial charge in [-0.1, -0.05) is 12.2 Å². The fourth-order valence-electron chi connectivity index (χ4n) is 3.18. The average molecular weight is 328 g/mol. The summed E-state index contributed by atoms with van der Waals surface area (Å²) in [5.41, 5.74) is 1.67. The molecule has 2 N–H and O–H groups in total. The van der Waals surface area contributed by atoms with Gasteiger partial charge in [0.25, 0.3) is 0 Å². The molecule has 3 rings (SSSR count). The van der Waals surface area contributed by atoms with Crippen LogP contribution in [-0.4, -0.2) is 18.4 Å². The highest BCUT2D eigenvalue weighted by Gasteiger charge is 2.23. The van der Waals surface area contributed by atoms with E-state index in [1.807, 2.05) is 31.2 Å². The van der Waals surface area contributed by atoms with Crippen LogP contribution in [0, 0.1) is 6.92 Å². The molecular formula is C19H24N2O3. The molecule has 5 heteroatoms. The van der Waals surface area contributed by atoms with E-state index in [1.54, 1.807) is 0 Å². The van der Waals surface area contributed by atoms with Gasteiger partial charge in [0, 0.05) is 17.7 Å². The summed E-state index contributed by atoms with van der Waals surface area (Å²) in [7, 11) is 0. The third-order valence-electron chi connectivity index (χ3n) is 4.54. The number of allylic oxidation sites excluding steroid dienone is 2. The van der Waals surface area contributed by atoms with Gasteiger partial charge >= 0.3 is 0 Å². The largest absolute Gasteiger partial charge is 0.464 e. The Bertz CT molecular complexity index is 685. The molecule has 0 aliphatic heterocycles. The highest BCUT2D eigenvalue weighted by molar-refractivity contribution is 5.95. The zero-order chi connectivity index (χ0) is 16.9. The van der Waals surface area contributed by atoms with Crippen LogP contribution in [0.4, 0.5) is 0 Å². The predicted octanol–water partition coefficient (Wildman–Crippen LogP) is 3.08. The maximum Gasteiger partial charge on any atom is 0.247 e. The van der Waals surface area contributed by atoms with Gasteiger partial charge in [-0.15, -0.1) is 0 Å². The molecule has 5 nitrogen and oxygen atoms in total. The van der Waals surface area contributed by atoms with E-state index in [9.17, 15) is 9.59 Å². The molecule has 2 aliphatic carbocycles. The number of furan rings is 1. The number of amides is 2. The fourth-order valence-corrected chi connectivity index (χ4v) is 3.18. The maximum absolute atomic E-state index is 12.4. The molecule has 0 fully saturated rings. The molecule has 24 heavy (non-hydrogen) atoms. The Hall–Kier alpha value is -2.30. The molecule has 128 valence electrons. The molecule has 1 aromatic rings. The normalized spacial score (nSPS) is 18.0. The summed E-state index contributed by atoms with van der Waals surface area (Å²) in [5.74, 6) is 1.34. The highest BCUT2D eigenvalue weighted by atomic mass is 16.3. The summed E-state index contributed by atoms with van der Waals surface area (Å²) in [6.07, 6.45) is 9.61. The van der Waals surface area contributed by atoms with Crippen molar-refractivity contribution in [3.63, 3.8) is 0 Å². The summed E-state index contributed by atoms with van der Waals surface area (Å²) in [6, 6.07) is 3.35. The lowest BCUT2D eigenvalue weighted by molar-refractivity contribution is -0.120. The summed E-state index contributed by atoms with van der Waals surface area (Å²) in [5, 5.41) is 5.93. The second-order valence-corrected chi connectivity index (χ2v) is 6.43. The van der Waals surface area contributed by atoms with Crippen LogP contribution < -0.4 is 10.6 Å². The van der Waals surface area contributed by atoms with Gasteiger partial charge in [-0.3, -0.25) is 9.59 Å². The van der Waals surface area contributed by atoms with Gasteiger partial charge in [0.15, 0.2) is 0 Å². The van der Waals surface area contributed by atoms with Crippen molar-refractivity contribution in [2.45, 2.75) is 51.5 Å². The molecule has 0 unspecified atom stereocenters. The predicted molar refractivity (Wildman–Crippen MR) is 91.2 cm³/mol. The van der Waals surface area contributed by atoms with Crippen LogP contribution in [0.1, 0.15) is 56.1 Å². The lowest BCUT2D eigenvalue weighted by Crippen LogP contribution is -2.38. The Morgan fingerprint density at radius 1 is 1.08 bits per heavy atom. The first kappa shape index (κ1) is 16.6. The zero-order valence-corrected chi connectivity index (χ0v) is 14.1. The minimum absolute atomic E-state index is 0.0462. The van der Waals surface area contributed by atoms with Crippen molar-refractivity contribution in [2.75, 3.05) is 6.54 Å². The van der Waals surface area contributed by atoms with E-state index in [4.69, 9.17) is 4.42 Å². The minimum atomic E-state index is -0.362. The standard InChI is InChI=1S/C19H24N2O3/c1-13-10-11-17(24-13)16(21-19(23)15-8-4-5-9-15)12-20-18(22)14-6-2-3-7-14/h6,8,10-11,16H,2-5,7,9,12H2,1H3,(H,20,22)(H,21,23)/t16-/m1/s1. The van der Waals surface area contributed by atoms with Crippen molar-refractivity contribution >= 4 is 11.8 Å². The maximum atomic E-state index is 12.4. The first-order chi connectivity index (χ1) is 11.6. The van der Waals surface area contributed by atoms with E-state index in [-0.39, 0.29) is 17.9 Å². The van der Waals surface area contributed by atoms with E-state index in [0.717, 1.165) is 55.4 Å². The summed E-state index contributed by atoms with van der Waals surface area (Å²) < 4.78 is 5.67. The van der Waals surface area contributed by atoms with Crippen LogP contribution in [0.5, 0.6) is 0 Å². The fraction of sp³-hybridized carbons (Fsp3) is 0.474. The Morgan fingerprint density at radius 3 is 2.29 bits per heavy atom. The SMILES string of the molecule is Cc1ccc([C@@H](CNC(=O)C2=CCCC2)NC(=O)C2=CCCC2)o1. The number of carbonyl (C=O) groups is 2. The minimum Gasteiger partial charge on any atom is -0.464 e. The van der Waals surface area contributed by atoms with E-state index in [2.05, 4.69) is 10.6 Å². The van der Waals surface area contributed by atoms with E-state index >= 15 is 0 Å². The smallest absolute Gasteiger partial charge is 0.247 e. The average Bonchev–Trinajstić information content (AvgIpc) is 3.32. The van der Waals surface area contributed by atoms with E-state index in [0.29, 0.717) is 12.3 Å². The Labute approximate surface area is 142 Å². The van der Waals surface area contributed by atoms with E-state index in [1.165, 1.54) is 0 Å². The summed E-state index contributed by atoms with van der Waals surface area (Å²) >= 11 is 0. The van der Waals surface area contributed by atoms with Gasteiger partial charge in [0.2, 0.25) is 11.8 Å². The van der Waals surface area contributed by atoms with Crippen LogP contribution in [0.15, 0.2) is 39.8 Å². The number of carbonyl (C=O) groups excluding carboxylic acids is 2. The quantitative estimate of drug-likeness (QED) is 0.843. The number of hydrogen-bond donors (Lipinski definition) is 2. The molecule has 1 atom stereocenters. The summed E-state index contributed by atoms with van der Waals surface area (Å²) in [4.78, 5) is 24.6. The zero-order valence-electron chi connectivity index (χ0n) is 14.1. The molecule has 0 aromatic carbocycles. The van der Waals surface area contributed by atoms with Gasteiger partial charge in [-0.05, 0) is 57.6 Å². The Kier molecular flexibility index (Phi) is 5.18. The number of hydrogen-bond acceptors (Lipinski definition) is 3. The van der Waals surface area contributed by atoms with Crippen molar-refractivity contribution in [2.24, 2.45) is 0 Å². The molecule has 0 radical (unpaired) electrons. The molecule has 2 aliphatic rings. The van der Waals surface area contributed by atoms with Crippen molar-refractivity contribution < 1.29 is 14.0 Å². The first-order valence-corrected chi connectivity index (χ1v) is 8.67. The molecular weight excluding hydrogens is 304 g/mol. The van der Waals surface area contributed by atoms with Gasteiger partial charge in [0.05, 0.1) is 0 Å². The third kappa shape index (κ3) is 3.96. The van der Waals surface area contributed by atoms with Gasteiger partial charge in [0.1, 0.15) is 17.6 Å². The molecule has 0 saturated carbocycles. The van der Waals surface area contributed by atoms with Gasteiger partial charge in [-0.2, -0.15) is 0 Å². The Morgan fingerprint density at radius 2 is 1.75 bits per heavy atom. The topological polar surface area (TPSA) is 71.3 Å². The number of nitrogens with one attached hydrogen (secondary N) is 2. The number of rotatable bonds is 6. The molecule has 2 amide bonds. The van der Waals surface area contributed by atoms with Crippen LogP contribution in [-0.2, 0) is 9.59 Å². The monoisotopic (exact) mass is 328 g/mol. The molecule has 1 heterocycles. The molecule has 1 aromatic heterocycles. The van der Waals surface area contributed by atoms with E-state index < -0.39 is 0 Å². The third-order valence-corrected chi connectivity index (χ3v) is 4.54. The lowest BCUT2D eigenvalue weighted by atomic mass is 10.1. The lowest BCUT2D eigenvalue weighted by Gasteiger charge is -2.18. The first-order valence-electron chi connectivity index (χ1n) is 8.67. The van der Waals surface area contributed by atoms with Crippen LogP contribution in [0.3, 0.4) is 0 Å². The van der Waals surface area contributed by atoms with Crippen molar-refractivity contribution in [3.8, 4) is 0 Å². The molecule has 0 saturated heterocycles. The second-order valence-electron chi connectivity index (χ2n) is 6.43. The Balaban J connectivity index is 1.65. The van der Waals surface area contributed by atoms with Crippen LogP contribution in [0.25, 0.3) is 0 Å². The molecule has 0 bridgehead atoms. The van der Waals surface area contributed by atoms with Gasteiger partial charge in [-0.25, -0.2) is 0 Å². The van der Waals surface area contributed by atoms with Crippen molar-refractivity contribution in [3.05, 3.63) is 47.0 Å². The number of aryl methyl sites for hydroxylation is 1.